The predicted octanol–water partition coefficient (Wildman–Crippen LogP) is 3.93. The molecule has 1 atom stereocenters. The van der Waals surface area contributed by atoms with Gasteiger partial charge in [0.25, 0.3) is 5.23 Å². The van der Waals surface area contributed by atoms with E-state index in [0.29, 0.717) is 11.8 Å². The topological polar surface area (TPSA) is 82.8 Å². The van der Waals surface area contributed by atoms with Gasteiger partial charge in [0.05, 0.1) is 25.1 Å². The number of thioether (sulfide) groups is 1. The van der Waals surface area contributed by atoms with E-state index in [4.69, 9.17) is 9.57 Å². The molecule has 0 aliphatic carbocycles. The molecule has 31 heavy (non-hydrogen) atoms. The van der Waals surface area contributed by atoms with Crippen LogP contribution < -0.4 is 4.84 Å². The van der Waals surface area contributed by atoms with Crippen LogP contribution in [-0.4, -0.2) is 68.7 Å². The van der Waals surface area contributed by atoms with E-state index in [1.165, 1.54) is 80.2 Å². The third-order valence-corrected chi connectivity index (χ3v) is 5.56. The van der Waals surface area contributed by atoms with Gasteiger partial charge in [-0.3, -0.25) is 4.79 Å². The minimum absolute atomic E-state index is 0. The number of imidazole rings is 1. The number of ether oxygens (including phenoxy) is 1. The van der Waals surface area contributed by atoms with Crippen LogP contribution in [0.3, 0.4) is 0 Å². The molecular weight excluding hydrogens is 425 g/mol. The molecule has 1 unspecified atom stereocenters. The van der Waals surface area contributed by atoms with Crippen molar-refractivity contribution in [2.24, 2.45) is 10.9 Å². The van der Waals surface area contributed by atoms with Gasteiger partial charge in [0.15, 0.2) is 0 Å². The summed E-state index contributed by atoms with van der Waals surface area (Å²) in [5.41, 5.74) is 0. The van der Waals surface area contributed by atoms with Crippen molar-refractivity contribution in [1.82, 2.24) is 9.71 Å². The van der Waals surface area contributed by atoms with Crippen LogP contribution in [0.25, 0.3) is 0 Å². The molecule has 0 fully saturated rings. The molecule has 0 N–H and O–H groups in total. The zero-order valence-corrected chi connectivity index (χ0v) is 18.6. The summed E-state index contributed by atoms with van der Waals surface area (Å²) in [6, 6.07) is 0. The molecule has 0 aromatic carbocycles. The van der Waals surface area contributed by atoms with E-state index in [1.807, 2.05) is 6.08 Å². The van der Waals surface area contributed by atoms with Gasteiger partial charge >= 0.3 is 41.5 Å². The Morgan fingerprint density at radius 1 is 1.19 bits per heavy atom. The van der Waals surface area contributed by atoms with Crippen LogP contribution in [-0.2, 0) is 14.3 Å². The summed E-state index contributed by atoms with van der Waals surface area (Å²) in [6.45, 7) is 2.88. The first-order chi connectivity index (χ1) is 14.7. The van der Waals surface area contributed by atoms with Crippen molar-refractivity contribution in [3.63, 3.8) is 0 Å². The van der Waals surface area contributed by atoms with Gasteiger partial charge < -0.3 is 9.57 Å². The number of carbonyl (C=O) groups is 2. The molecule has 2 heterocycles. The van der Waals surface area contributed by atoms with Crippen LogP contribution in [0.5, 0.6) is 0 Å². The van der Waals surface area contributed by atoms with Gasteiger partial charge in [0.1, 0.15) is 6.33 Å². The fraction of sp³-hybridized carbons (Fsp3) is 0.636. The van der Waals surface area contributed by atoms with Gasteiger partial charge in [-0.15, -0.1) is 0 Å². The van der Waals surface area contributed by atoms with E-state index in [9.17, 15) is 9.59 Å². The molecule has 2 rings (SSSR count). The SMILES string of the molecule is CCCCCCCCCCC=CC(CC(=O)OC1=NCCS1)C(=O)On1ccnc1.[NaH]. The second-order valence-corrected chi connectivity index (χ2v) is 8.35. The zero-order chi connectivity index (χ0) is 21.4. The Hall–Kier alpha value is -1.09. The average molecular weight is 460 g/mol. The van der Waals surface area contributed by atoms with E-state index >= 15 is 0 Å². The van der Waals surface area contributed by atoms with Crippen molar-refractivity contribution in [2.75, 3.05) is 12.3 Å². The Morgan fingerprint density at radius 2 is 1.94 bits per heavy atom. The van der Waals surface area contributed by atoms with Crippen molar-refractivity contribution in [3.8, 4) is 0 Å². The third kappa shape index (κ3) is 12.5. The van der Waals surface area contributed by atoms with E-state index in [0.717, 1.165) is 18.6 Å². The van der Waals surface area contributed by atoms with Gasteiger partial charge in [0.2, 0.25) is 0 Å². The van der Waals surface area contributed by atoms with E-state index < -0.39 is 17.9 Å². The number of nitrogens with zero attached hydrogens (tertiary/aromatic N) is 3. The zero-order valence-electron chi connectivity index (χ0n) is 17.8. The van der Waals surface area contributed by atoms with Crippen molar-refractivity contribution in [1.29, 1.82) is 0 Å². The molecule has 1 aromatic heterocycles. The molecule has 0 amide bonds. The van der Waals surface area contributed by atoms with Gasteiger partial charge in [-0.2, -0.15) is 4.73 Å². The molecule has 0 saturated heterocycles. The Balaban J connectivity index is 0.00000480. The quantitative estimate of drug-likeness (QED) is 0.181. The first-order valence-corrected chi connectivity index (χ1v) is 11.9. The van der Waals surface area contributed by atoms with Gasteiger partial charge in [-0.1, -0.05) is 75.8 Å². The average Bonchev–Trinajstić information content (AvgIpc) is 3.42. The molecular formula is C22H34N3NaO4S. The summed E-state index contributed by atoms with van der Waals surface area (Å²) in [5.74, 6) is -0.890. The number of esters is 1. The summed E-state index contributed by atoms with van der Waals surface area (Å²) in [5, 5.41) is 0.379. The maximum atomic E-state index is 12.5. The minimum atomic E-state index is -0.707. The third-order valence-electron chi connectivity index (χ3n) is 4.72. The van der Waals surface area contributed by atoms with Crippen molar-refractivity contribution in [3.05, 3.63) is 30.9 Å². The Bertz CT molecular complexity index is 695. The first kappa shape index (κ1) is 27.9. The number of aliphatic imine (C=N–C) groups is 1. The van der Waals surface area contributed by atoms with Crippen LogP contribution in [0, 0.1) is 5.92 Å². The summed E-state index contributed by atoms with van der Waals surface area (Å²) >= 11 is 1.41. The van der Waals surface area contributed by atoms with Crippen molar-refractivity contribution < 1.29 is 19.2 Å². The standard InChI is InChI=1S/C22H33N3O4S.Na.H/c1-2-3-4-5-6-7-8-9-10-11-12-19(21(27)29-25-15-13-23-18-25)17-20(26)28-22-24-14-16-30-22;;/h11-13,15,18-19H,2-10,14,16-17H2,1H3;;. The van der Waals surface area contributed by atoms with Crippen LogP contribution in [0.2, 0.25) is 0 Å². The Labute approximate surface area is 211 Å². The number of carbonyl (C=O) groups excluding carboxylic acids is 2. The van der Waals surface area contributed by atoms with Crippen molar-refractivity contribution in [2.45, 2.75) is 71.1 Å². The fourth-order valence-electron chi connectivity index (χ4n) is 3.05. The molecule has 0 spiro atoms. The summed E-state index contributed by atoms with van der Waals surface area (Å²) < 4.78 is 6.47. The number of hydrogen-bond donors (Lipinski definition) is 0. The maximum absolute atomic E-state index is 12.5. The molecule has 9 heteroatoms. The second kappa shape index (κ2) is 17.5. The van der Waals surface area contributed by atoms with Crippen LogP contribution in [0.15, 0.2) is 35.9 Å². The molecule has 1 aliphatic heterocycles. The number of hydrogen-bond acceptors (Lipinski definition) is 7. The van der Waals surface area contributed by atoms with Crippen molar-refractivity contribution >= 4 is 58.5 Å². The van der Waals surface area contributed by atoms with Crippen LogP contribution in [0.1, 0.15) is 71.1 Å². The normalized spacial score (nSPS) is 14.2. The summed E-state index contributed by atoms with van der Waals surface area (Å²) in [6.07, 6.45) is 19.0. The first-order valence-electron chi connectivity index (χ1n) is 10.9. The number of unbranched alkanes of at least 4 members (excludes halogenated alkanes) is 8. The van der Waals surface area contributed by atoms with Gasteiger partial charge in [-0.25, -0.2) is 14.8 Å². The van der Waals surface area contributed by atoms with E-state index in [1.54, 1.807) is 6.08 Å². The molecule has 1 aromatic rings. The van der Waals surface area contributed by atoms with Crippen LogP contribution in [0.4, 0.5) is 0 Å². The number of allylic oxidation sites excluding steroid dienone is 1. The van der Waals surface area contributed by atoms with Gasteiger partial charge in [0, 0.05) is 11.9 Å². The second-order valence-electron chi connectivity index (χ2n) is 7.31. The number of rotatable bonds is 14. The molecule has 0 radical (unpaired) electrons. The van der Waals surface area contributed by atoms with E-state index in [-0.39, 0.29) is 36.0 Å². The number of aromatic nitrogens is 2. The molecule has 168 valence electrons. The summed E-state index contributed by atoms with van der Waals surface area (Å²) in [7, 11) is 0. The molecule has 7 nitrogen and oxygen atoms in total. The fourth-order valence-corrected chi connectivity index (χ4v) is 3.75. The monoisotopic (exact) mass is 459 g/mol. The van der Waals surface area contributed by atoms with Crippen LogP contribution >= 0.6 is 11.8 Å². The van der Waals surface area contributed by atoms with E-state index in [2.05, 4.69) is 16.9 Å². The molecule has 0 saturated carbocycles. The Kier molecular flexibility index (Phi) is 15.7. The summed E-state index contributed by atoms with van der Waals surface area (Å²) in [4.78, 5) is 37.9. The van der Waals surface area contributed by atoms with Gasteiger partial charge in [-0.05, 0) is 12.8 Å². The molecule has 0 bridgehead atoms. The molecule has 1 aliphatic rings. The Morgan fingerprint density at radius 3 is 2.58 bits per heavy atom. The predicted molar refractivity (Wildman–Crippen MR) is 126 cm³/mol.